The van der Waals surface area contributed by atoms with E-state index in [-0.39, 0.29) is 6.04 Å². The molecule has 2 rings (SSSR count). The summed E-state index contributed by atoms with van der Waals surface area (Å²) in [4.78, 5) is 2.77. The second-order valence-corrected chi connectivity index (χ2v) is 7.31. The summed E-state index contributed by atoms with van der Waals surface area (Å²) < 4.78 is 0. The van der Waals surface area contributed by atoms with Crippen LogP contribution in [0.3, 0.4) is 0 Å². The minimum Gasteiger partial charge on any atom is -0.307 e. The second kappa shape index (κ2) is 6.95. The van der Waals surface area contributed by atoms with Crippen molar-refractivity contribution in [2.24, 2.45) is 0 Å². The van der Waals surface area contributed by atoms with Crippen LogP contribution in [0.4, 0.5) is 0 Å². The number of hydrogen-bond donors (Lipinski definition) is 1. The molecule has 0 aliphatic heterocycles. The molecule has 0 spiro atoms. The van der Waals surface area contributed by atoms with Gasteiger partial charge in [0.2, 0.25) is 0 Å². The van der Waals surface area contributed by atoms with Crippen molar-refractivity contribution in [3.05, 3.63) is 55.7 Å². The highest BCUT2D eigenvalue weighted by Gasteiger charge is 2.14. The Bertz CT molecular complexity index is 580. The van der Waals surface area contributed by atoms with Crippen LogP contribution in [0.15, 0.2) is 30.3 Å². The molecule has 2 aromatic rings. The molecule has 2 atom stereocenters. The van der Waals surface area contributed by atoms with Gasteiger partial charge in [0, 0.05) is 21.8 Å². The molecule has 0 aliphatic carbocycles. The van der Waals surface area contributed by atoms with E-state index in [1.54, 1.807) is 0 Å². The molecule has 1 nitrogen and oxygen atoms in total. The molecule has 0 amide bonds. The number of rotatable bonds is 5. The standard InChI is InChI=1S/C16H19Cl2NS/c1-10(9-13-8-7-11(2)20-13)19-12(3)14-5-4-6-15(17)16(14)18/h4-8,10,12,19H,9H2,1-3H3. The molecule has 1 aromatic heterocycles. The number of benzene rings is 1. The van der Waals surface area contributed by atoms with Crippen molar-refractivity contribution in [1.29, 1.82) is 0 Å². The third-order valence-corrected chi connectivity index (χ3v) is 5.14. The zero-order valence-electron chi connectivity index (χ0n) is 11.9. The Kier molecular flexibility index (Phi) is 5.50. The lowest BCUT2D eigenvalue weighted by molar-refractivity contribution is 0.479. The van der Waals surface area contributed by atoms with E-state index in [0.29, 0.717) is 16.1 Å². The molecule has 0 saturated carbocycles. The summed E-state index contributed by atoms with van der Waals surface area (Å²) in [7, 11) is 0. The third kappa shape index (κ3) is 3.98. The van der Waals surface area contributed by atoms with Crippen molar-refractivity contribution in [3.63, 3.8) is 0 Å². The summed E-state index contributed by atoms with van der Waals surface area (Å²) in [5, 5.41) is 4.84. The lowest BCUT2D eigenvalue weighted by atomic mass is 10.1. The summed E-state index contributed by atoms with van der Waals surface area (Å²) in [6, 6.07) is 10.7. The van der Waals surface area contributed by atoms with Gasteiger partial charge >= 0.3 is 0 Å². The van der Waals surface area contributed by atoms with Gasteiger partial charge in [-0.15, -0.1) is 11.3 Å². The molecule has 0 saturated heterocycles. The van der Waals surface area contributed by atoms with E-state index in [9.17, 15) is 0 Å². The summed E-state index contributed by atoms with van der Waals surface area (Å²) in [5.74, 6) is 0. The van der Waals surface area contributed by atoms with Crippen molar-refractivity contribution in [1.82, 2.24) is 5.32 Å². The monoisotopic (exact) mass is 327 g/mol. The number of nitrogens with one attached hydrogen (secondary N) is 1. The van der Waals surface area contributed by atoms with E-state index >= 15 is 0 Å². The van der Waals surface area contributed by atoms with Gasteiger partial charge < -0.3 is 5.32 Å². The Morgan fingerprint density at radius 2 is 1.90 bits per heavy atom. The van der Waals surface area contributed by atoms with E-state index < -0.39 is 0 Å². The summed E-state index contributed by atoms with van der Waals surface area (Å²) in [6.45, 7) is 6.46. The van der Waals surface area contributed by atoms with Crippen molar-refractivity contribution < 1.29 is 0 Å². The Morgan fingerprint density at radius 1 is 1.15 bits per heavy atom. The molecule has 108 valence electrons. The van der Waals surface area contributed by atoms with E-state index in [4.69, 9.17) is 23.2 Å². The van der Waals surface area contributed by atoms with Gasteiger partial charge in [0.1, 0.15) is 0 Å². The highest BCUT2D eigenvalue weighted by molar-refractivity contribution is 7.11. The van der Waals surface area contributed by atoms with Gasteiger partial charge in [-0.25, -0.2) is 0 Å². The van der Waals surface area contributed by atoms with Crippen molar-refractivity contribution >= 4 is 34.5 Å². The first kappa shape index (κ1) is 15.8. The number of halogens is 2. The van der Waals surface area contributed by atoms with Crippen molar-refractivity contribution in [2.45, 2.75) is 39.3 Å². The van der Waals surface area contributed by atoms with E-state index in [1.165, 1.54) is 9.75 Å². The van der Waals surface area contributed by atoms with Crippen LogP contribution in [-0.4, -0.2) is 6.04 Å². The quantitative estimate of drug-likeness (QED) is 0.748. The molecular weight excluding hydrogens is 309 g/mol. The first-order chi connectivity index (χ1) is 9.47. The average Bonchev–Trinajstić information content (AvgIpc) is 2.77. The molecule has 0 aliphatic rings. The molecule has 1 heterocycles. The molecule has 2 unspecified atom stereocenters. The van der Waals surface area contributed by atoms with Gasteiger partial charge in [0.05, 0.1) is 10.0 Å². The number of thiophene rings is 1. The molecule has 0 radical (unpaired) electrons. The summed E-state index contributed by atoms with van der Waals surface area (Å²) in [6.07, 6.45) is 1.03. The predicted molar refractivity (Wildman–Crippen MR) is 90.2 cm³/mol. The second-order valence-electron chi connectivity index (χ2n) is 5.15. The fourth-order valence-electron chi connectivity index (χ4n) is 2.33. The first-order valence-electron chi connectivity index (χ1n) is 6.72. The largest absolute Gasteiger partial charge is 0.307 e. The van der Waals surface area contributed by atoms with Gasteiger partial charge in [-0.2, -0.15) is 0 Å². The SMILES string of the molecule is Cc1ccc(CC(C)NC(C)c2cccc(Cl)c2Cl)s1. The highest BCUT2D eigenvalue weighted by Crippen LogP contribution is 2.30. The minimum atomic E-state index is 0.178. The zero-order chi connectivity index (χ0) is 14.7. The molecule has 0 fully saturated rings. The first-order valence-corrected chi connectivity index (χ1v) is 8.30. The minimum absolute atomic E-state index is 0.178. The maximum absolute atomic E-state index is 6.27. The lowest BCUT2D eigenvalue weighted by Crippen LogP contribution is -2.30. The summed E-state index contributed by atoms with van der Waals surface area (Å²) >= 11 is 14.2. The predicted octanol–water partition coefficient (Wildman–Crippen LogP) is 5.65. The van der Waals surface area contributed by atoms with Crippen LogP contribution in [0.2, 0.25) is 10.0 Å². The maximum atomic E-state index is 6.27. The molecule has 1 N–H and O–H groups in total. The van der Waals surface area contributed by atoms with Crippen LogP contribution in [-0.2, 0) is 6.42 Å². The van der Waals surface area contributed by atoms with Crippen molar-refractivity contribution in [2.75, 3.05) is 0 Å². The Hall–Kier alpha value is -0.540. The van der Waals surface area contributed by atoms with Crippen LogP contribution in [0.25, 0.3) is 0 Å². The fourth-order valence-corrected chi connectivity index (χ4v) is 3.82. The van der Waals surface area contributed by atoms with Gasteiger partial charge in [-0.1, -0.05) is 35.3 Å². The fraction of sp³-hybridized carbons (Fsp3) is 0.375. The Labute approximate surface area is 134 Å². The van der Waals surface area contributed by atoms with E-state index in [1.807, 2.05) is 29.5 Å². The average molecular weight is 328 g/mol. The number of aryl methyl sites for hydroxylation is 1. The van der Waals surface area contributed by atoms with Gasteiger partial charge in [0.25, 0.3) is 0 Å². The molecule has 0 bridgehead atoms. The summed E-state index contributed by atoms with van der Waals surface area (Å²) in [5.41, 5.74) is 1.05. The number of hydrogen-bond acceptors (Lipinski definition) is 2. The highest BCUT2D eigenvalue weighted by atomic mass is 35.5. The van der Waals surface area contributed by atoms with Crippen LogP contribution >= 0.6 is 34.5 Å². The van der Waals surface area contributed by atoms with E-state index in [2.05, 4.69) is 38.2 Å². The molecule has 20 heavy (non-hydrogen) atoms. The molecule has 4 heteroatoms. The normalized spacial score (nSPS) is 14.2. The lowest BCUT2D eigenvalue weighted by Gasteiger charge is -2.21. The van der Waals surface area contributed by atoms with Crippen LogP contribution in [0, 0.1) is 6.92 Å². The topological polar surface area (TPSA) is 12.0 Å². The Balaban J connectivity index is 2.00. The van der Waals surface area contributed by atoms with Crippen LogP contribution < -0.4 is 5.32 Å². The smallest absolute Gasteiger partial charge is 0.0639 e. The van der Waals surface area contributed by atoms with E-state index in [0.717, 1.165) is 12.0 Å². The third-order valence-electron chi connectivity index (χ3n) is 3.29. The molecule has 1 aromatic carbocycles. The van der Waals surface area contributed by atoms with Gasteiger partial charge in [0.15, 0.2) is 0 Å². The zero-order valence-corrected chi connectivity index (χ0v) is 14.2. The van der Waals surface area contributed by atoms with Gasteiger partial charge in [-0.3, -0.25) is 0 Å². The van der Waals surface area contributed by atoms with Crippen LogP contribution in [0.1, 0.15) is 35.2 Å². The van der Waals surface area contributed by atoms with Crippen molar-refractivity contribution in [3.8, 4) is 0 Å². The van der Waals surface area contributed by atoms with Crippen LogP contribution in [0.5, 0.6) is 0 Å². The Morgan fingerprint density at radius 3 is 2.55 bits per heavy atom. The maximum Gasteiger partial charge on any atom is 0.0639 e. The van der Waals surface area contributed by atoms with Gasteiger partial charge in [-0.05, 0) is 51.0 Å². The molecular formula is C16H19Cl2NS.